The Bertz CT molecular complexity index is 591. The third kappa shape index (κ3) is 2.33. The van der Waals surface area contributed by atoms with Crippen molar-refractivity contribution in [3.63, 3.8) is 0 Å². The zero-order valence-electron chi connectivity index (χ0n) is 11.6. The van der Waals surface area contributed by atoms with Crippen molar-refractivity contribution in [2.75, 3.05) is 12.8 Å². The van der Waals surface area contributed by atoms with E-state index in [9.17, 15) is 0 Å². The van der Waals surface area contributed by atoms with Crippen LogP contribution in [0.1, 0.15) is 25.7 Å². The van der Waals surface area contributed by atoms with Gasteiger partial charge in [-0.05, 0) is 34.9 Å². The second-order valence-corrected chi connectivity index (χ2v) is 5.24. The smallest absolute Gasteiger partial charge is 0.185 e. The number of aromatic nitrogens is 4. The van der Waals surface area contributed by atoms with E-state index in [2.05, 4.69) is 15.5 Å². The first-order valence-electron chi connectivity index (χ1n) is 6.98. The van der Waals surface area contributed by atoms with Crippen LogP contribution < -0.4 is 10.5 Å². The maximum absolute atomic E-state index is 5.94. The summed E-state index contributed by atoms with van der Waals surface area (Å²) in [5.74, 6) is 2.18. The van der Waals surface area contributed by atoms with Gasteiger partial charge in [-0.1, -0.05) is 25.3 Å². The fourth-order valence-corrected chi connectivity index (χ4v) is 2.59. The molecule has 0 saturated heterocycles. The first-order valence-corrected chi connectivity index (χ1v) is 6.98. The van der Waals surface area contributed by atoms with Gasteiger partial charge in [-0.25, -0.2) is 4.68 Å². The lowest BCUT2D eigenvalue weighted by atomic mass is 9.83. The summed E-state index contributed by atoms with van der Waals surface area (Å²) in [6.45, 7) is 0.838. The van der Waals surface area contributed by atoms with Crippen LogP contribution in [0.2, 0.25) is 0 Å². The van der Waals surface area contributed by atoms with Gasteiger partial charge < -0.3 is 10.5 Å². The van der Waals surface area contributed by atoms with Crippen LogP contribution >= 0.6 is 0 Å². The van der Waals surface area contributed by atoms with Gasteiger partial charge in [0.1, 0.15) is 0 Å². The monoisotopic (exact) mass is 273 g/mol. The molecule has 1 aliphatic rings. The molecule has 1 heterocycles. The van der Waals surface area contributed by atoms with Crippen molar-refractivity contribution in [3.8, 4) is 17.1 Å². The Morgan fingerprint density at radius 2 is 2.25 bits per heavy atom. The van der Waals surface area contributed by atoms with Crippen LogP contribution in [0.5, 0.6) is 5.75 Å². The van der Waals surface area contributed by atoms with Gasteiger partial charge in [0.05, 0.1) is 18.4 Å². The van der Waals surface area contributed by atoms with E-state index in [1.54, 1.807) is 7.11 Å². The average Bonchev–Trinajstić information content (AvgIpc) is 2.85. The topological polar surface area (TPSA) is 78.8 Å². The summed E-state index contributed by atoms with van der Waals surface area (Å²) < 4.78 is 7.22. The maximum Gasteiger partial charge on any atom is 0.185 e. The third-order valence-corrected chi connectivity index (χ3v) is 4.00. The number of methoxy groups -OCH3 is 1. The highest BCUT2D eigenvalue weighted by Crippen LogP contribution is 2.34. The molecule has 1 aliphatic carbocycles. The van der Waals surface area contributed by atoms with Crippen molar-refractivity contribution < 1.29 is 4.74 Å². The zero-order chi connectivity index (χ0) is 13.9. The van der Waals surface area contributed by atoms with Crippen molar-refractivity contribution in [1.82, 2.24) is 20.2 Å². The second-order valence-electron chi connectivity index (χ2n) is 5.24. The Hall–Kier alpha value is -2.11. The molecule has 0 atom stereocenters. The van der Waals surface area contributed by atoms with Gasteiger partial charge in [0, 0.05) is 6.54 Å². The molecule has 106 valence electrons. The zero-order valence-corrected chi connectivity index (χ0v) is 11.6. The standard InChI is InChI=1S/C14H19N5O/c1-20-13-11(6-3-7-12(13)15)14-16-17-18-19(14)9-8-10-4-2-5-10/h3,6-7,10H,2,4-5,8-9,15H2,1H3. The lowest BCUT2D eigenvalue weighted by Crippen LogP contribution is -2.15. The summed E-state index contributed by atoms with van der Waals surface area (Å²) in [6.07, 6.45) is 5.15. The number of hydrogen-bond acceptors (Lipinski definition) is 5. The average molecular weight is 273 g/mol. The van der Waals surface area contributed by atoms with Gasteiger partial charge in [0.2, 0.25) is 0 Å². The van der Waals surface area contributed by atoms with Crippen molar-refractivity contribution in [1.29, 1.82) is 0 Å². The quantitative estimate of drug-likeness (QED) is 0.844. The van der Waals surface area contributed by atoms with Crippen LogP contribution in [0.4, 0.5) is 5.69 Å². The minimum Gasteiger partial charge on any atom is -0.494 e. The van der Waals surface area contributed by atoms with Gasteiger partial charge in [-0.15, -0.1) is 5.10 Å². The highest BCUT2D eigenvalue weighted by Gasteiger charge is 2.20. The molecule has 2 N–H and O–H groups in total. The fourth-order valence-electron chi connectivity index (χ4n) is 2.59. The fraction of sp³-hybridized carbons (Fsp3) is 0.500. The third-order valence-electron chi connectivity index (χ3n) is 4.00. The summed E-state index contributed by atoms with van der Waals surface area (Å²) in [4.78, 5) is 0. The van der Waals surface area contributed by atoms with E-state index < -0.39 is 0 Å². The molecular formula is C14H19N5O. The number of ether oxygens (including phenoxy) is 1. The van der Waals surface area contributed by atoms with E-state index in [0.717, 1.165) is 24.4 Å². The van der Waals surface area contributed by atoms with E-state index >= 15 is 0 Å². The number of aryl methyl sites for hydroxylation is 1. The minimum absolute atomic E-state index is 0.596. The van der Waals surface area contributed by atoms with Gasteiger partial charge >= 0.3 is 0 Å². The predicted octanol–water partition coefficient (Wildman–Crippen LogP) is 2.12. The molecule has 0 spiro atoms. The molecule has 1 aromatic heterocycles. The summed E-state index contributed by atoms with van der Waals surface area (Å²) in [6, 6.07) is 5.63. The number of rotatable bonds is 5. The first kappa shape index (κ1) is 12.9. The molecule has 1 fully saturated rings. The highest BCUT2D eigenvalue weighted by atomic mass is 16.5. The summed E-state index contributed by atoms with van der Waals surface area (Å²) >= 11 is 0. The number of benzene rings is 1. The molecule has 1 saturated carbocycles. The number of hydrogen-bond donors (Lipinski definition) is 1. The second kappa shape index (κ2) is 5.48. The SMILES string of the molecule is COc1c(N)cccc1-c1nnnn1CCC1CCC1. The van der Waals surface area contributed by atoms with E-state index in [1.165, 1.54) is 19.3 Å². The molecule has 6 heteroatoms. The van der Waals surface area contributed by atoms with E-state index in [4.69, 9.17) is 10.5 Å². The molecule has 2 aromatic rings. The van der Waals surface area contributed by atoms with Gasteiger partial charge in [-0.3, -0.25) is 0 Å². The van der Waals surface area contributed by atoms with Crippen LogP contribution in [0.15, 0.2) is 18.2 Å². The number of tetrazole rings is 1. The molecule has 0 aliphatic heterocycles. The molecule has 0 bridgehead atoms. The van der Waals surface area contributed by atoms with Gasteiger partial charge in [0.15, 0.2) is 11.6 Å². The largest absolute Gasteiger partial charge is 0.494 e. The number of anilines is 1. The summed E-state index contributed by atoms with van der Waals surface area (Å²) in [5.41, 5.74) is 7.37. The van der Waals surface area contributed by atoms with E-state index in [1.807, 2.05) is 22.9 Å². The molecular weight excluding hydrogens is 254 g/mol. The van der Waals surface area contributed by atoms with Gasteiger partial charge in [0.25, 0.3) is 0 Å². The maximum atomic E-state index is 5.94. The van der Waals surface area contributed by atoms with Crippen LogP contribution in [-0.2, 0) is 6.54 Å². The van der Waals surface area contributed by atoms with Gasteiger partial charge in [-0.2, -0.15) is 0 Å². The predicted molar refractivity (Wildman–Crippen MR) is 76.2 cm³/mol. The molecule has 1 aromatic carbocycles. The Kier molecular flexibility index (Phi) is 3.54. The van der Waals surface area contributed by atoms with E-state index in [-0.39, 0.29) is 0 Å². The lowest BCUT2D eigenvalue weighted by molar-refractivity contribution is 0.277. The van der Waals surface area contributed by atoms with Crippen LogP contribution in [0.25, 0.3) is 11.4 Å². The van der Waals surface area contributed by atoms with Crippen LogP contribution in [0, 0.1) is 5.92 Å². The first-order chi connectivity index (χ1) is 9.79. The molecule has 3 rings (SSSR count). The van der Waals surface area contributed by atoms with Crippen molar-refractivity contribution in [2.45, 2.75) is 32.2 Å². The minimum atomic E-state index is 0.596. The normalized spacial score (nSPS) is 15.1. The van der Waals surface area contributed by atoms with E-state index in [0.29, 0.717) is 17.3 Å². The van der Waals surface area contributed by atoms with Crippen molar-refractivity contribution >= 4 is 5.69 Å². The molecule has 0 amide bonds. The Morgan fingerprint density at radius 1 is 1.40 bits per heavy atom. The Morgan fingerprint density at radius 3 is 2.95 bits per heavy atom. The lowest BCUT2D eigenvalue weighted by Gasteiger charge is -2.25. The molecule has 20 heavy (non-hydrogen) atoms. The number of para-hydroxylation sites is 1. The number of nitrogen functional groups attached to an aromatic ring is 1. The van der Waals surface area contributed by atoms with Crippen molar-refractivity contribution in [3.05, 3.63) is 18.2 Å². The van der Waals surface area contributed by atoms with Crippen LogP contribution in [0.3, 0.4) is 0 Å². The Labute approximate surface area is 117 Å². The van der Waals surface area contributed by atoms with Crippen LogP contribution in [-0.4, -0.2) is 27.3 Å². The molecule has 0 radical (unpaired) electrons. The number of nitrogens with two attached hydrogens (primary N) is 1. The summed E-state index contributed by atoms with van der Waals surface area (Å²) in [7, 11) is 1.61. The highest BCUT2D eigenvalue weighted by molar-refractivity contribution is 5.73. The van der Waals surface area contributed by atoms with Crippen molar-refractivity contribution in [2.24, 2.45) is 5.92 Å². The molecule has 0 unspecified atom stereocenters. The molecule has 6 nitrogen and oxygen atoms in total. The Balaban J connectivity index is 1.86. The number of nitrogens with zero attached hydrogens (tertiary/aromatic N) is 4. The summed E-state index contributed by atoms with van der Waals surface area (Å²) in [5, 5.41) is 12.0.